The van der Waals surface area contributed by atoms with Crippen molar-refractivity contribution in [3.05, 3.63) is 47.8 Å². The number of pyridine rings is 1. The maximum Gasteiger partial charge on any atom is 0.416 e. The van der Waals surface area contributed by atoms with Gasteiger partial charge in [0.25, 0.3) is 0 Å². The molecule has 3 rings (SSSR count). The molecular weight excluding hydrogens is 317 g/mol. The molecule has 0 saturated carbocycles. The zero-order valence-electron chi connectivity index (χ0n) is 12.5. The number of aromatic nitrogens is 3. The van der Waals surface area contributed by atoms with Crippen LogP contribution in [0.25, 0.3) is 22.0 Å². The Morgan fingerprint density at radius 3 is 2.58 bits per heavy atom. The van der Waals surface area contributed by atoms with Crippen LogP contribution in [0, 0.1) is 11.8 Å². The molecule has 0 fully saturated rings. The van der Waals surface area contributed by atoms with E-state index < -0.39 is 11.7 Å². The third-order valence-corrected chi connectivity index (χ3v) is 3.47. The molecule has 0 atom stereocenters. The fraction of sp³-hybridized carbons (Fsp3) is 0.118. The Kier molecular flexibility index (Phi) is 3.81. The number of fused-ring (bicyclic) bond motifs is 1. The number of halogens is 3. The molecule has 0 saturated heterocycles. The molecule has 2 N–H and O–H groups in total. The lowest BCUT2D eigenvalue weighted by atomic mass is 9.98. The van der Waals surface area contributed by atoms with Crippen molar-refractivity contribution >= 4 is 16.6 Å². The average molecular weight is 328 g/mol. The molecular formula is C17H11F3N4. The van der Waals surface area contributed by atoms with E-state index in [2.05, 4.69) is 27.0 Å². The number of nitrogens with zero attached hydrogens (tertiary/aromatic N) is 3. The van der Waals surface area contributed by atoms with Crippen molar-refractivity contribution in [2.45, 2.75) is 13.1 Å². The summed E-state index contributed by atoms with van der Waals surface area (Å²) in [5.74, 6) is 5.54. The Morgan fingerprint density at radius 2 is 1.88 bits per heavy atom. The summed E-state index contributed by atoms with van der Waals surface area (Å²) in [4.78, 5) is 3.99. The predicted octanol–water partition coefficient (Wildman–Crippen LogP) is 3.66. The number of alkyl halides is 3. The highest BCUT2D eigenvalue weighted by Crippen LogP contribution is 2.35. The smallest absolute Gasteiger partial charge is 0.382 e. The SMILES string of the molecule is CC#Cc1cc(C(F)(F)F)ccc1-c1nnc(N)c2cnccc12. The van der Waals surface area contributed by atoms with E-state index >= 15 is 0 Å². The van der Waals surface area contributed by atoms with E-state index in [4.69, 9.17) is 5.73 Å². The summed E-state index contributed by atoms with van der Waals surface area (Å²) in [6, 6.07) is 5.05. The first-order chi connectivity index (χ1) is 11.4. The number of nitrogen functional groups attached to an aromatic ring is 1. The summed E-state index contributed by atoms with van der Waals surface area (Å²) < 4.78 is 38.8. The van der Waals surface area contributed by atoms with Gasteiger partial charge in [0.1, 0.15) is 5.69 Å². The van der Waals surface area contributed by atoms with E-state index in [9.17, 15) is 13.2 Å². The minimum atomic E-state index is -4.44. The molecule has 1 aromatic carbocycles. The van der Waals surface area contributed by atoms with Crippen molar-refractivity contribution in [2.75, 3.05) is 5.73 Å². The molecule has 0 amide bonds. The van der Waals surface area contributed by atoms with Gasteiger partial charge in [0, 0.05) is 34.3 Å². The molecule has 4 nitrogen and oxygen atoms in total. The third kappa shape index (κ3) is 2.74. The van der Waals surface area contributed by atoms with Gasteiger partial charge in [-0.15, -0.1) is 16.1 Å². The van der Waals surface area contributed by atoms with Crippen LogP contribution >= 0.6 is 0 Å². The van der Waals surface area contributed by atoms with Gasteiger partial charge >= 0.3 is 6.18 Å². The minimum absolute atomic E-state index is 0.205. The number of nitrogens with two attached hydrogens (primary N) is 1. The van der Waals surface area contributed by atoms with Crippen molar-refractivity contribution in [1.82, 2.24) is 15.2 Å². The molecule has 3 aromatic rings. The summed E-state index contributed by atoms with van der Waals surface area (Å²) in [6.07, 6.45) is -1.35. The molecule has 7 heteroatoms. The van der Waals surface area contributed by atoms with Crippen molar-refractivity contribution < 1.29 is 13.2 Å². The van der Waals surface area contributed by atoms with Gasteiger partial charge in [-0.1, -0.05) is 12.0 Å². The quantitative estimate of drug-likeness (QED) is 0.692. The maximum absolute atomic E-state index is 12.9. The van der Waals surface area contributed by atoms with Crippen LogP contribution in [0.15, 0.2) is 36.7 Å². The molecule has 0 aliphatic rings. The van der Waals surface area contributed by atoms with Gasteiger partial charge in [0.2, 0.25) is 0 Å². The Morgan fingerprint density at radius 1 is 1.08 bits per heavy atom. The summed E-state index contributed by atoms with van der Waals surface area (Å²) in [5.41, 5.74) is 6.12. The molecule has 0 spiro atoms. The van der Waals surface area contributed by atoms with E-state index in [1.807, 2.05) is 0 Å². The molecule has 2 heterocycles. The molecule has 2 aromatic heterocycles. The fourth-order valence-electron chi connectivity index (χ4n) is 2.38. The second-order valence-electron chi connectivity index (χ2n) is 4.99. The van der Waals surface area contributed by atoms with Gasteiger partial charge in [-0.25, -0.2) is 0 Å². The molecule has 0 unspecified atom stereocenters. The Labute approximate surface area is 135 Å². The van der Waals surface area contributed by atoms with Crippen molar-refractivity contribution in [3.63, 3.8) is 0 Å². The highest BCUT2D eigenvalue weighted by Gasteiger charge is 2.31. The minimum Gasteiger partial charge on any atom is -0.382 e. The van der Waals surface area contributed by atoms with Gasteiger partial charge in [-0.2, -0.15) is 13.2 Å². The maximum atomic E-state index is 12.9. The molecule has 0 aliphatic carbocycles. The number of anilines is 1. The lowest BCUT2D eigenvalue weighted by Gasteiger charge is -2.12. The monoisotopic (exact) mass is 328 g/mol. The topological polar surface area (TPSA) is 64.7 Å². The molecule has 120 valence electrons. The van der Waals surface area contributed by atoms with Crippen molar-refractivity contribution in [1.29, 1.82) is 0 Å². The molecule has 0 aliphatic heterocycles. The number of benzene rings is 1. The van der Waals surface area contributed by atoms with E-state index in [1.165, 1.54) is 12.3 Å². The first kappa shape index (κ1) is 15.7. The van der Waals surface area contributed by atoms with Crippen LogP contribution in [0.3, 0.4) is 0 Å². The van der Waals surface area contributed by atoms with Gasteiger partial charge < -0.3 is 5.73 Å². The summed E-state index contributed by atoms with van der Waals surface area (Å²) in [6.45, 7) is 1.56. The zero-order chi connectivity index (χ0) is 17.3. The standard InChI is InChI=1S/C17H11F3N4/c1-2-3-10-8-11(17(18,19)20)4-5-12(10)15-13-6-7-22-9-14(13)16(21)24-23-15/h4-9H,1H3,(H2,21,24). The first-order valence-corrected chi connectivity index (χ1v) is 6.92. The summed E-state index contributed by atoms with van der Waals surface area (Å²) in [5, 5.41) is 9.16. The number of hydrogen-bond acceptors (Lipinski definition) is 4. The van der Waals surface area contributed by atoms with E-state index in [1.54, 1.807) is 19.2 Å². The first-order valence-electron chi connectivity index (χ1n) is 6.92. The summed E-state index contributed by atoms with van der Waals surface area (Å²) >= 11 is 0. The van der Waals surface area contributed by atoms with Gasteiger partial charge in [0.05, 0.1) is 5.56 Å². The Balaban J connectivity index is 2.30. The van der Waals surface area contributed by atoms with Crippen molar-refractivity contribution in [2.24, 2.45) is 0 Å². The van der Waals surface area contributed by atoms with Crippen molar-refractivity contribution in [3.8, 4) is 23.1 Å². The largest absolute Gasteiger partial charge is 0.416 e. The predicted molar refractivity (Wildman–Crippen MR) is 84.7 cm³/mol. The van der Waals surface area contributed by atoms with Crippen LogP contribution in [0.1, 0.15) is 18.1 Å². The van der Waals surface area contributed by atoms with Crippen LogP contribution in [0.2, 0.25) is 0 Å². The Bertz CT molecular complexity index is 985. The average Bonchev–Trinajstić information content (AvgIpc) is 2.55. The van der Waals surface area contributed by atoms with E-state index in [-0.39, 0.29) is 11.4 Å². The van der Waals surface area contributed by atoms with Crippen LogP contribution in [0.5, 0.6) is 0 Å². The number of hydrogen-bond donors (Lipinski definition) is 1. The lowest BCUT2D eigenvalue weighted by molar-refractivity contribution is -0.137. The fourth-order valence-corrected chi connectivity index (χ4v) is 2.38. The van der Waals surface area contributed by atoms with Crippen LogP contribution in [-0.4, -0.2) is 15.2 Å². The Hall–Kier alpha value is -3.14. The number of rotatable bonds is 1. The zero-order valence-corrected chi connectivity index (χ0v) is 12.5. The third-order valence-electron chi connectivity index (χ3n) is 3.47. The lowest BCUT2D eigenvalue weighted by Crippen LogP contribution is -2.06. The molecule has 24 heavy (non-hydrogen) atoms. The molecule has 0 radical (unpaired) electrons. The molecule has 0 bridgehead atoms. The second-order valence-corrected chi connectivity index (χ2v) is 4.99. The van der Waals surface area contributed by atoms with E-state index in [0.717, 1.165) is 12.1 Å². The van der Waals surface area contributed by atoms with Crippen LogP contribution in [0.4, 0.5) is 19.0 Å². The second kappa shape index (κ2) is 5.81. The van der Waals surface area contributed by atoms with Crippen LogP contribution < -0.4 is 5.73 Å². The normalized spacial score (nSPS) is 11.2. The van der Waals surface area contributed by atoms with Gasteiger partial charge in [-0.05, 0) is 25.1 Å². The van der Waals surface area contributed by atoms with Gasteiger partial charge in [0.15, 0.2) is 5.82 Å². The van der Waals surface area contributed by atoms with Gasteiger partial charge in [-0.3, -0.25) is 4.98 Å². The highest BCUT2D eigenvalue weighted by molar-refractivity contribution is 5.99. The van der Waals surface area contributed by atoms with E-state index in [0.29, 0.717) is 22.0 Å². The summed E-state index contributed by atoms with van der Waals surface area (Å²) in [7, 11) is 0. The highest BCUT2D eigenvalue weighted by atomic mass is 19.4. The van der Waals surface area contributed by atoms with Crippen LogP contribution in [-0.2, 0) is 6.18 Å².